The minimum absolute atomic E-state index is 0.208. The van der Waals surface area contributed by atoms with Crippen LogP contribution < -0.4 is 11.5 Å². The Hall–Kier alpha value is -1.87. The largest absolute Gasteiger partial charge is 0.398 e. The van der Waals surface area contributed by atoms with E-state index in [0.717, 1.165) is 11.1 Å². The average molecular weight is 199 g/mol. The molecule has 0 saturated heterocycles. The van der Waals surface area contributed by atoms with Crippen molar-refractivity contribution >= 4 is 5.69 Å². The molecule has 4 N–H and O–H groups in total. The van der Waals surface area contributed by atoms with Crippen LogP contribution in [0.3, 0.4) is 0 Å². The summed E-state index contributed by atoms with van der Waals surface area (Å²) in [6.07, 6.45) is 3.38. The molecule has 1 aromatic heterocycles. The van der Waals surface area contributed by atoms with Crippen molar-refractivity contribution < 1.29 is 0 Å². The Labute approximate surface area is 88.8 Å². The minimum atomic E-state index is -0.208. The number of hydrogen-bond acceptors (Lipinski definition) is 3. The van der Waals surface area contributed by atoms with Crippen LogP contribution in [0.5, 0.6) is 0 Å². The first-order valence-electron chi connectivity index (χ1n) is 4.79. The zero-order valence-electron chi connectivity index (χ0n) is 8.30. The van der Waals surface area contributed by atoms with Crippen LogP contribution in [0.25, 0.3) is 0 Å². The van der Waals surface area contributed by atoms with Gasteiger partial charge in [0, 0.05) is 23.6 Å². The van der Waals surface area contributed by atoms with E-state index in [1.165, 1.54) is 0 Å². The minimum Gasteiger partial charge on any atom is -0.398 e. The van der Waals surface area contributed by atoms with E-state index >= 15 is 0 Å². The van der Waals surface area contributed by atoms with E-state index in [4.69, 9.17) is 11.5 Å². The lowest BCUT2D eigenvalue weighted by Gasteiger charge is -2.13. The van der Waals surface area contributed by atoms with Crippen molar-refractivity contribution in [3.05, 3.63) is 59.9 Å². The lowest BCUT2D eigenvalue weighted by atomic mass is 10.0. The molecule has 0 aliphatic heterocycles. The second-order valence-corrected chi connectivity index (χ2v) is 3.39. The number of nitrogens with zero attached hydrogens (tertiary/aromatic N) is 1. The highest BCUT2D eigenvalue weighted by atomic mass is 14.7. The lowest BCUT2D eigenvalue weighted by Crippen LogP contribution is -2.13. The van der Waals surface area contributed by atoms with Gasteiger partial charge < -0.3 is 11.5 Å². The summed E-state index contributed by atoms with van der Waals surface area (Å²) in [5, 5.41) is 0. The number of rotatable bonds is 2. The summed E-state index contributed by atoms with van der Waals surface area (Å²) in [5.74, 6) is 0. The topological polar surface area (TPSA) is 64.9 Å². The Morgan fingerprint density at radius 2 is 1.80 bits per heavy atom. The summed E-state index contributed by atoms with van der Waals surface area (Å²) < 4.78 is 0. The number of benzene rings is 1. The maximum absolute atomic E-state index is 6.10. The second-order valence-electron chi connectivity index (χ2n) is 3.39. The highest BCUT2D eigenvalue weighted by Gasteiger charge is 2.10. The molecule has 1 unspecified atom stereocenters. The van der Waals surface area contributed by atoms with Crippen LogP contribution in [0.15, 0.2) is 48.8 Å². The third kappa shape index (κ3) is 1.97. The van der Waals surface area contributed by atoms with Crippen LogP contribution in [0.4, 0.5) is 5.69 Å². The molecule has 0 aliphatic carbocycles. The molecule has 0 bridgehead atoms. The van der Waals surface area contributed by atoms with Gasteiger partial charge >= 0.3 is 0 Å². The lowest BCUT2D eigenvalue weighted by molar-refractivity contribution is 0.866. The Bertz CT molecular complexity index is 440. The van der Waals surface area contributed by atoms with E-state index in [9.17, 15) is 0 Å². The predicted octanol–water partition coefficient (Wildman–Crippen LogP) is 1.71. The Morgan fingerprint density at radius 1 is 1.07 bits per heavy atom. The van der Waals surface area contributed by atoms with Gasteiger partial charge in [-0.2, -0.15) is 0 Å². The van der Waals surface area contributed by atoms with Crippen LogP contribution in [0.1, 0.15) is 17.2 Å². The van der Waals surface area contributed by atoms with Crippen molar-refractivity contribution in [1.29, 1.82) is 0 Å². The van der Waals surface area contributed by atoms with Crippen LogP contribution in [-0.2, 0) is 0 Å². The molecule has 0 saturated carbocycles. The first-order valence-corrected chi connectivity index (χ1v) is 4.79. The average Bonchev–Trinajstić information content (AvgIpc) is 2.30. The molecule has 3 nitrogen and oxygen atoms in total. The first kappa shape index (κ1) is 9.68. The Kier molecular flexibility index (Phi) is 2.65. The van der Waals surface area contributed by atoms with Gasteiger partial charge in [-0.05, 0) is 11.6 Å². The van der Waals surface area contributed by atoms with Gasteiger partial charge in [-0.25, -0.2) is 0 Å². The molecule has 3 heteroatoms. The molecular weight excluding hydrogens is 186 g/mol. The maximum Gasteiger partial charge on any atom is 0.0587 e. The van der Waals surface area contributed by atoms with E-state index in [0.29, 0.717) is 5.69 Å². The number of pyridine rings is 1. The monoisotopic (exact) mass is 199 g/mol. The summed E-state index contributed by atoms with van der Waals surface area (Å²) >= 11 is 0. The van der Waals surface area contributed by atoms with E-state index < -0.39 is 0 Å². The van der Waals surface area contributed by atoms with E-state index in [-0.39, 0.29) is 6.04 Å². The zero-order valence-corrected chi connectivity index (χ0v) is 8.30. The summed E-state index contributed by atoms with van der Waals surface area (Å²) in [4.78, 5) is 4.03. The number of aromatic nitrogens is 1. The van der Waals surface area contributed by atoms with E-state index in [2.05, 4.69) is 4.98 Å². The highest BCUT2D eigenvalue weighted by molar-refractivity contribution is 5.49. The molecule has 0 aliphatic rings. The number of anilines is 1. The number of hydrogen-bond donors (Lipinski definition) is 2. The van der Waals surface area contributed by atoms with Crippen molar-refractivity contribution in [2.75, 3.05) is 5.73 Å². The van der Waals surface area contributed by atoms with Gasteiger partial charge in [-0.15, -0.1) is 0 Å². The van der Waals surface area contributed by atoms with Crippen LogP contribution >= 0.6 is 0 Å². The smallest absolute Gasteiger partial charge is 0.0587 e. The molecule has 2 rings (SSSR count). The first-order chi connectivity index (χ1) is 7.29. The summed E-state index contributed by atoms with van der Waals surface area (Å²) in [7, 11) is 0. The quantitative estimate of drug-likeness (QED) is 0.773. The third-order valence-electron chi connectivity index (χ3n) is 2.38. The predicted molar refractivity (Wildman–Crippen MR) is 61.1 cm³/mol. The van der Waals surface area contributed by atoms with E-state index in [1.54, 1.807) is 18.5 Å². The second kappa shape index (κ2) is 4.11. The third-order valence-corrected chi connectivity index (χ3v) is 2.38. The van der Waals surface area contributed by atoms with Gasteiger partial charge in [0.15, 0.2) is 0 Å². The normalized spacial score (nSPS) is 12.3. The molecule has 15 heavy (non-hydrogen) atoms. The fraction of sp³-hybridized carbons (Fsp3) is 0.0833. The molecule has 1 atom stereocenters. The molecule has 0 amide bonds. The maximum atomic E-state index is 6.10. The van der Waals surface area contributed by atoms with Crippen molar-refractivity contribution in [2.24, 2.45) is 5.73 Å². The molecule has 0 radical (unpaired) electrons. The van der Waals surface area contributed by atoms with Gasteiger partial charge in [0.25, 0.3) is 0 Å². The van der Waals surface area contributed by atoms with Gasteiger partial charge in [0.1, 0.15) is 0 Å². The number of nitrogens with two attached hydrogens (primary N) is 2. The summed E-state index contributed by atoms with van der Waals surface area (Å²) in [6, 6.07) is 11.4. The number of nitrogen functional groups attached to an aromatic ring is 1. The molecule has 0 spiro atoms. The van der Waals surface area contributed by atoms with Crippen molar-refractivity contribution in [2.45, 2.75) is 6.04 Å². The zero-order chi connectivity index (χ0) is 10.7. The molecule has 76 valence electrons. The highest BCUT2D eigenvalue weighted by Crippen LogP contribution is 2.22. The van der Waals surface area contributed by atoms with Crippen molar-refractivity contribution in [3.8, 4) is 0 Å². The molecule has 1 heterocycles. The summed E-state index contributed by atoms with van der Waals surface area (Å²) in [5.41, 5.74) is 14.5. The standard InChI is InChI=1S/C12H13N3/c13-11-6-7-15-8-10(11)12(14)9-4-2-1-3-5-9/h1-8,12H,14H2,(H2,13,15). The summed E-state index contributed by atoms with van der Waals surface area (Å²) in [6.45, 7) is 0. The molecule has 0 fully saturated rings. The molecule has 1 aromatic carbocycles. The Morgan fingerprint density at radius 3 is 2.47 bits per heavy atom. The molecular formula is C12H13N3. The van der Waals surface area contributed by atoms with E-state index in [1.807, 2.05) is 30.3 Å². The fourth-order valence-electron chi connectivity index (χ4n) is 1.52. The van der Waals surface area contributed by atoms with Crippen LogP contribution in [0, 0.1) is 0 Å². The van der Waals surface area contributed by atoms with Crippen molar-refractivity contribution in [1.82, 2.24) is 4.98 Å². The van der Waals surface area contributed by atoms with Crippen LogP contribution in [0.2, 0.25) is 0 Å². The fourth-order valence-corrected chi connectivity index (χ4v) is 1.52. The SMILES string of the molecule is Nc1ccncc1C(N)c1ccccc1. The van der Waals surface area contributed by atoms with Gasteiger partial charge in [-0.1, -0.05) is 30.3 Å². The van der Waals surface area contributed by atoms with Gasteiger partial charge in [0.05, 0.1) is 6.04 Å². The Balaban J connectivity index is 2.37. The van der Waals surface area contributed by atoms with Gasteiger partial charge in [-0.3, -0.25) is 4.98 Å². The van der Waals surface area contributed by atoms with Crippen LogP contribution in [-0.4, -0.2) is 4.98 Å². The van der Waals surface area contributed by atoms with Crippen molar-refractivity contribution in [3.63, 3.8) is 0 Å². The van der Waals surface area contributed by atoms with Gasteiger partial charge in [0.2, 0.25) is 0 Å². The molecule has 2 aromatic rings.